The fourth-order valence-electron chi connectivity index (χ4n) is 2.39. The van der Waals surface area contributed by atoms with Gasteiger partial charge in [0, 0.05) is 23.6 Å². The van der Waals surface area contributed by atoms with E-state index in [4.69, 9.17) is 11.5 Å². The van der Waals surface area contributed by atoms with E-state index < -0.39 is 0 Å². The number of nitrogens with zero attached hydrogens (tertiary/aromatic N) is 4. The van der Waals surface area contributed by atoms with Crippen molar-refractivity contribution in [1.29, 1.82) is 0 Å². The van der Waals surface area contributed by atoms with Gasteiger partial charge in [0.15, 0.2) is 0 Å². The van der Waals surface area contributed by atoms with Crippen LogP contribution in [0.4, 0.5) is 5.69 Å². The van der Waals surface area contributed by atoms with E-state index in [0.29, 0.717) is 0 Å². The normalized spacial score (nSPS) is 12.6. The maximum Gasteiger partial charge on any atom is 0.212 e. The largest absolute Gasteiger partial charge is 0.399 e. The molecule has 3 heterocycles. The third-order valence-corrected chi connectivity index (χ3v) is 4.62. The van der Waals surface area contributed by atoms with Gasteiger partial charge in [-0.25, -0.2) is 9.50 Å². The first-order valence-electron chi connectivity index (χ1n) is 7.08. The molecule has 1 aromatic carbocycles. The van der Waals surface area contributed by atoms with Crippen molar-refractivity contribution in [2.75, 3.05) is 5.73 Å². The lowest BCUT2D eigenvalue weighted by Gasteiger charge is -2.06. The summed E-state index contributed by atoms with van der Waals surface area (Å²) in [4.78, 5) is 9.35. The highest BCUT2D eigenvalue weighted by atomic mass is 32.1. The maximum atomic E-state index is 6.30. The Balaban J connectivity index is 1.76. The molecule has 0 fully saturated rings. The van der Waals surface area contributed by atoms with Crippen molar-refractivity contribution in [1.82, 2.24) is 19.6 Å². The Morgan fingerprint density at radius 1 is 1.09 bits per heavy atom. The quantitative estimate of drug-likeness (QED) is 0.565. The van der Waals surface area contributed by atoms with Gasteiger partial charge in [-0.1, -0.05) is 29.5 Å². The Morgan fingerprint density at radius 2 is 1.91 bits per heavy atom. The summed E-state index contributed by atoms with van der Waals surface area (Å²) < 4.78 is 1.82. The first-order valence-corrected chi connectivity index (χ1v) is 7.90. The van der Waals surface area contributed by atoms with E-state index in [2.05, 4.69) is 15.1 Å². The van der Waals surface area contributed by atoms with Crippen LogP contribution in [0, 0.1) is 0 Å². The summed E-state index contributed by atoms with van der Waals surface area (Å²) in [6.45, 7) is 0. The molecule has 4 aromatic rings. The van der Waals surface area contributed by atoms with Gasteiger partial charge < -0.3 is 11.5 Å². The average molecular weight is 322 g/mol. The molecule has 0 aliphatic heterocycles. The van der Waals surface area contributed by atoms with Crippen LogP contribution >= 0.6 is 11.3 Å². The summed E-state index contributed by atoms with van der Waals surface area (Å²) in [7, 11) is 0. The highest BCUT2D eigenvalue weighted by Gasteiger charge is 2.17. The topological polar surface area (TPSA) is 95.1 Å². The van der Waals surface area contributed by atoms with Gasteiger partial charge in [0.25, 0.3) is 0 Å². The van der Waals surface area contributed by atoms with Crippen LogP contribution in [0.25, 0.3) is 16.2 Å². The predicted molar refractivity (Wildman–Crippen MR) is 91.0 cm³/mol. The molecule has 4 N–H and O–H groups in total. The Morgan fingerprint density at radius 3 is 2.65 bits per heavy atom. The summed E-state index contributed by atoms with van der Waals surface area (Å²) in [6, 6.07) is 11.1. The average Bonchev–Trinajstić information content (AvgIpc) is 3.16. The molecule has 0 saturated carbocycles. The van der Waals surface area contributed by atoms with Gasteiger partial charge in [0.1, 0.15) is 5.01 Å². The maximum absolute atomic E-state index is 6.30. The van der Waals surface area contributed by atoms with Gasteiger partial charge >= 0.3 is 0 Å². The van der Waals surface area contributed by atoms with Crippen molar-refractivity contribution in [3.8, 4) is 11.3 Å². The summed E-state index contributed by atoms with van der Waals surface area (Å²) in [6.07, 6.45) is 5.30. The van der Waals surface area contributed by atoms with Gasteiger partial charge in [-0.15, -0.1) is 0 Å². The molecule has 0 radical (unpaired) electrons. The van der Waals surface area contributed by atoms with Crippen LogP contribution in [0.2, 0.25) is 0 Å². The molecule has 1 unspecified atom stereocenters. The van der Waals surface area contributed by atoms with Crippen molar-refractivity contribution in [2.45, 2.75) is 6.04 Å². The lowest BCUT2D eigenvalue weighted by atomic mass is 10.1. The number of pyridine rings is 1. The summed E-state index contributed by atoms with van der Waals surface area (Å²) in [5, 5.41) is 5.44. The molecule has 6 nitrogen and oxygen atoms in total. The lowest BCUT2D eigenvalue weighted by molar-refractivity contribution is 0.805. The third-order valence-electron chi connectivity index (χ3n) is 3.62. The van der Waals surface area contributed by atoms with Crippen LogP contribution in [-0.2, 0) is 0 Å². The van der Waals surface area contributed by atoms with Gasteiger partial charge in [-0.05, 0) is 23.8 Å². The fraction of sp³-hybridized carbons (Fsp3) is 0.0625. The van der Waals surface area contributed by atoms with Crippen LogP contribution in [-0.4, -0.2) is 19.6 Å². The highest BCUT2D eigenvalue weighted by molar-refractivity contribution is 7.16. The second-order valence-electron chi connectivity index (χ2n) is 5.16. The number of anilines is 1. The Kier molecular flexibility index (Phi) is 3.29. The Hall–Kier alpha value is -2.77. The zero-order valence-corrected chi connectivity index (χ0v) is 12.9. The van der Waals surface area contributed by atoms with Gasteiger partial charge in [-0.2, -0.15) is 5.10 Å². The summed E-state index contributed by atoms with van der Waals surface area (Å²) >= 11 is 1.48. The number of nitrogens with two attached hydrogens (primary N) is 2. The minimum Gasteiger partial charge on any atom is -0.399 e. The van der Waals surface area contributed by atoms with E-state index in [1.54, 1.807) is 12.4 Å². The third kappa shape index (κ3) is 2.45. The molecule has 0 spiro atoms. The van der Waals surface area contributed by atoms with Crippen molar-refractivity contribution in [3.63, 3.8) is 0 Å². The predicted octanol–water partition coefficient (Wildman–Crippen LogP) is 2.48. The van der Waals surface area contributed by atoms with Crippen LogP contribution in [0.15, 0.2) is 55.0 Å². The number of hydrogen-bond donors (Lipinski definition) is 2. The van der Waals surface area contributed by atoms with Crippen molar-refractivity contribution in [3.05, 3.63) is 65.6 Å². The van der Waals surface area contributed by atoms with E-state index >= 15 is 0 Å². The van der Waals surface area contributed by atoms with Crippen LogP contribution in [0.3, 0.4) is 0 Å². The number of hydrogen-bond acceptors (Lipinski definition) is 6. The lowest BCUT2D eigenvalue weighted by Crippen LogP contribution is -2.12. The monoisotopic (exact) mass is 322 g/mol. The zero-order valence-electron chi connectivity index (χ0n) is 12.1. The second kappa shape index (κ2) is 5.45. The van der Waals surface area contributed by atoms with E-state index in [1.807, 2.05) is 47.1 Å². The van der Waals surface area contributed by atoms with Crippen LogP contribution < -0.4 is 11.5 Å². The minimum absolute atomic E-state index is 0.310. The van der Waals surface area contributed by atoms with Gasteiger partial charge in [0.2, 0.25) is 4.96 Å². The van der Waals surface area contributed by atoms with Gasteiger partial charge in [0.05, 0.1) is 17.9 Å². The molecular weight excluding hydrogens is 308 g/mol. The number of imidazole rings is 1. The van der Waals surface area contributed by atoms with E-state index in [-0.39, 0.29) is 6.04 Å². The fourth-order valence-corrected chi connectivity index (χ4v) is 3.29. The molecule has 0 bridgehead atoms. The van der Waals surface area contributed by atoms with Gasteiger partial charge in [-0.3, -0.25) is 4.98 Å². The highest BCUT2D eigenvalue weighted by Crippen LogP contribution is 2.28. The molecule has 7 heteroatoms. The SMILES string of the molecule is Nc1ccc(-c2cnc3sc(C(N)c4cccnc4)nn23)cc1. The van der Waals surface area contributed by atoms with Crippen molar-refractivity contribution >= 4 is 22.0 Å². The Bertz CT molecular complexity index is 942. The number of nitrogen functional groups attached to an aromatic ring is 1. The zero-order chi connectivity index (χ0) is 15.8. The molecule has 0 aliphatic carbocycles. The second-order valence-corrected chi connectivity index (χ2v) is 6.15. The van der Waals surface area contributed by atoms with E-state index in [9.17, 15) is 0 Å². The van der Waals surface area contributed by atoms with E-state index in [0.717, 1.165) is 32.5 Å². The molecule has 0 saturated heterocycles. The summed E-state index contributed by atoms with van der Waals surface area (Å²) in [5.41, 5.74) is 15.6. The summed E-state index contributed by atoms with van der Waals surface area (Å²) in [5.74, 6) is 0. The van der Waals surface area contributed by atoms with Crippen molar-refractivity contribution < 1.29 is 0 Å². The van der Waals surface area contributed by atoms with Crippen LogP contribution in [0.5, 0.6) is 0 Å². The molecule has 23 heavy (non-hydrogen) atoms. The first-order chi connectivity index (χ1) is 11.2. The van der Waals surface area contributed by atoms with E-state index in [1.165, 1.54) is 11.3 Å². The Labute approximate surface area is 136 Å². The number of benzene rings is 1. The minimum atomic E-state index is -0.310. The molecule has 0 aliphatic rings. The number of aromatic nitrogens is 4. The smallest absolute Gasteiger partial charge is 0.212 e. The van der Waals surface area contributed by atoms with Crippen molar-refractivity contribution in [2.24, 2.45) is 5.73 Å². The molecule has 1 atom stereocenters. The number of rotatable bonds is 3. The number of fused-ring (bicyclic) bond motifs is 1. The standard InChI is InChI=1S/C16H14N6S/c17-12-5-3-10(4-6-12)13-9-20-16-22(13)21-15(23-16)14(18)11-2-1-7-19-8-11/h1-9,14H,17-18H2. The van der Waals surface area contributed by atoms with Crippen LogP contribution in [0.1, 0.15) is 16.6 Å². The molecule has 114 valence electrons. The molecule has 0 amide bonds. The first kappa shape index (κ1) is 13.9. The molecule has 4 rings (SSSR count). The molecular formula is C16H14N6S. The molecule has 3 aromatic heterocycles.